The van der Waals surface area contributed by atoms with Crippen molar-refractivity contribution >= 4 is 34.9 Å². The summed E-state index contributed by atoms with van der Waals surface area (Å²) in [4.78, 5) is 16.0. The van der Waals surface area contributed by atoms with Gasteiger partial charge in [0, 0.05) is 11.9 Å². The van der Waals surface area contributed by atoms with Crippen molar-refractivity contribution < 1.29 is 4.79 Å². The van der Waals surface area contributed by atoms with Crippen LogP contribution < -0.4 is 10.6 Å². The van der Waals surface area contributed by atoms with Gasteiger partial charge in [0.05, 0.1) is 21.8 Å². The van der Waals surface area contributed by atoms with Crippen LogP contribution in [0.2, 0.25) is 10.0 Å². The Balaban J connectivity index is 1.97. The number of amides is 2. The maximum absolute atomic E-state index is 11.9. The third kappa shape index (κ3) is 3.85. The second kappa shape index (κ2) is 6.59. The zero-order chi connectivity index (χ0) is 14.5. The number of nitrogens with one attached hydrogen (secondary N) is 2. The Morgan fingerprint density at radius 3 is 2.65 bits per heavy atom. The van der Waals surface area contributed by atoms with E-state index in [4.69, 9.17) is 23.2 Å². The van der Waals surface area contributed by atoms with E-state index < -0.39 is 0 Å². The van der Waals surface area contributed by atoms with Crippen molar-refractivity contribution in [2.45, 2.75) is 13.0 Å². The van der Waals surface area contributed by atoms with Gasteiger partial charge in [-0.1, -0.05) is 29.3 Å². The van der Waals surface area contributed by atoms with Crippen LogP contribution in [0, 0.1) is 0 Å². The van der Waals surface area contributed by atoms with Crippen LogP contribution in [0.25, 0.3) is 0 Å². The van der Waals surface area contributed by atoms with Crippen molar-refractivity contribution in [1.82, 2.24) is 10.3 Å². The van der Waals surface area contributed by atoms with Crippen molar-refractivity contribution in [2.75, 3.05) is 5.32 Å². The summed E-state index contributed by atoms with van der Waals surface area (Å²) in [5.41, 5.74) is 1.36. The van der Waals surface area contributed by atoms with Crippen molar-refractivity contribution in [3.63, 3.8) is 0 Å². The van der Waals surface area contributed by atoms with E-state index >= 15 is 0 Å². The Morgan fingerprint density at radius 2 is 2.00 bits per heavy atom. The Labute approximate surface area is 127 Å². The second-order valence-corrected chi connectivity index (χ2v) is 5.02. The number of hydrogen-bond donors (Lipinski definition) is 2. The summed E-state index contributed by atoms with van der Waals surface area (Å²) in [6, 6.07) is 9.92. The van der Waals surface area contributed by atoms with E-state index in [9.17, 15) is 4.79 Å². The van der Waals surface area contributed by atoms with E-state index in [0.717, 1.165) is 5.69 Å². The van der Waals surface area contributed by atoms with Gasteiger partial charge in [-0.3, -0.25) is 4.98 Å². The Kier molecular flexibility index (Phi) is 4.82. The SMILES string of the molecule is C[C@H](NC(=O)Nc1ccc(Cl)c(Cl)c1)c1ccccn1. The second-order valence-electron chi connectivity index (χ2n) is 4.20. The van der Waals surface area contributed by atoms with Crippen molar-refractivity contribution in [3.05, 3.63) is 58.3 Å². The van der Waals surface area contributed by atoms with Gasteiger partial charge in [-0.25, -0.2) is 4.79 Å². The average molecular weight is 310 g/mol. The smallest absolute Gasteiger partial charge is 0.319 e. The molecule has 0 bridgehead atoms. The highest BCUT2D eigenvalue weighted by Crippen LogP contribution is 2.25. The molecule has 0 saturated heterocycles. The number of carbonyl (C=O) groups is 1. The average Bonchev–Trinajstić information content (AvgIpc) is 2.44. The molecule has 1 heterocycles. The van der Waals surface area contributed by atoms with Crippen LogP contribution >= 0.6 is 23.2 Å². The number of pyridine rings is 1. The molecule has 0 spiro atoms. The van der Waals surface area contributed by atoms with E-state index in [-0.39, 0.29) is 12.1 Å². The van der Waals surface area contributed by atoms with Crippen LogP contribution in [-0.4, -0.2) is 11.0 Å². The maximum atomic E-state index is 11.9. The van der Waals surface area contributed by atoms with E-state index in [2.05, 4.69) is 15.6 Å². The van der Waals surface area contributed by atoms with Crippen molar-refractivity contribution in [2.24, 2.45) is 0 Å². The summed E-state index contributed by atoms with van der Waals surface area (Å²) < 4.78 is 0. The first-order chi connectivity index (χ1) is 9.56. The molecule has 0 aliphatic carbocycles. The van der Waals surface area contributed by atoms with E-state index in [1.54, 1.807) is 24.4 Å². The first-order valence-electron chi connectivity index (χ1n) is 6.00. The zero-order valence-corrected chi connectivity index (χ0v) is 12.2. The molecule has 0 aliphatic rings. The van der Waals surface area contributed by atoms with Gasteiger partial charge >= 0.3 is 6.03 Å². The fourth-order valence-electron chi connectivity index (χ4n) is 1.64. The highest BCUT2D eigenvalue weighted by molar-refractivity contribution is 6.42. The fourth-order valence-corrected chi connectivity index (χ4v) is 1.94. The molecule has 1 aromatic heterocycles. The van der Waals surface area contributed by atoms with Gasteiger partial charge < -0.3 is 10.6 Å². The molecule has 0 radical (unpaired) electrons. The molecule has 0 aliphatic heterocycles. The Hall–Kier alpha value is -1.78. The topological polar surface area (TPSA) is 54.0 Å². The fraction of sp³-hybridized carbons (Fsp3) is 0.143. The molecule has 2 N–H and O–H groups in total. The summed E-state index contributed by atoms with van der Waals surface area (Å²) in [5.74, 6) is 0. The predicted molar refractivity (Wildman–Crippen MR) is 81.3 cm³/mol. The number of nitrogens with zero attached hydrogens (tertiary/aromatic N) is 1. The molecular weight excluding hydrogens is 297 g/mol. The minimum absolute atomic E-state index is 0.195. The molecule has 1 atom stereocenters. The lowest BCUT2D eigenvalue weighted by Crippen LogP contribution is -2.31. The molecule has 0 unspecified atom stereocenters. The first-order valence-corrected chi connectivity index (χ1v) is 6.75. The molecule has 1 aromatic carbocycles. The number of anilines is 1. The molecule has 6 heteroatoms. The van der Waals surface area contributed by atoms with Crippen LogP contribution in [0.15, 0.2) is 42.6 Å². The minimum Gasteiger partial charge on any atom is -0.330 e. The molecule has 2 amide bonds. The summed E-state index contributed by atoms with van der Waals surface area (Å²) in [6.07, 6.45) is 1.68. The Morgan fingerprint density at radius 1 is 1.20 bits per heavy atom. The molecule has 4 nitrogen and oxygen atoms in total. The normalized spacial score (nSPS) is 11.8. The lowest BCUT2D eigenvalue weighted by Gasteiger charge is -2.14. The highest BCUT2D eigenvalue weighted by atomic mass is 35.5. The third-order valence-electron chi connectivity index (χ3n) is 2.66. The van der Waals surface area contributed by atoms with E-state index in [1.165, 1.54) is 0 Å². The summed E-state index contributed by atoms with van der Waals surface area (Å²) in [5, 5.41) is 6.31. The molecule has 20 heavy (non-hydrogen) atoms. The van der Waals surface area contributed by atoms with E-state index in [0.29, 0.717) is 15.7 Å². The highest BCUT2D eigenvalue weighted by Gasteiger charge is 2.10. The van der Waals surface area contributed by atoms with Gasteiger partial charge in [-0.15, -0.1) is 0 Å². The molecule has 0 fully saturated rings. The van der Waals surface area contributed by atoms with Gasteiger partial charge in [0.15, 0.2) is 0 Å². The van der Waals surface area contributed by atoms with Crippen LogP contribution in [0.5, 0.6) is 0 Å². The Bertz CT molecular complexity index is 605. The first kappa shape index (κ1) is 14.6. The predicted octanol–water partition coefficient (Wildman–Crippen LogP) is 4.27. The summed E-state index contributed by atoms with van der Waals surface area (Å²) >= 11 is 11.7. The number of benzene rings is 1. The monoisotopic (exact) mass is 309 g/mol. The number of rotatable bonds is 3. The molecule has 0 saturated carbocycles. The third-order valence-corrected chi connectivity index (χ3v) is 3.40. The molecular formula is C14H13Cl2N3O. The largest absolute Gasteiger partial charge is 0.330 e. The molecule has 2 aromatic rings. The standard InChI is InChI=1S/C14H13Cl2N3O/c1-9(13-4-2-3-7-17-13)18-14(20)19-10-5-6-11(15)12(16)8-10/h2-9H,1H3,(H2,18,19,20)/t9-/m0/s1. The van der Waals surface area contributed by atoms with Crippen LogP contribution in [0.4, 0.5) is 10.5 Å². The number of carbonyl (C=O) groups excluding carboxylic acids is 1. The van der Waals surface area contributed by atoms with Gasteiger partial charge in [-0.05, 0) is 37.3 Å². The molecule has 2 rings (SSSR count). The maximum Gasteiger partial charge on any atom is 0.319 e. The van der Waals surface area contributed by atoms with Gasteiger partial charge in [0.25, 0.3) is 0 Å². The number of urea groups is 1. The van der Waals surface area contributed by atoms with Gasteiger partial charge in [-0.2, -0.15) is 0 Å². The number of hydrogen-bond acceptors (Lipinski definition) is 2. The number of aromatic nitrogens is 1. The van der Waals surface area contributed by atoms with Crippen LogP contribution in [0.1, 0.15) is 18.7 Å². The number of halogens is 2. The summed E-state index contributed by atoms with van der Waals surface area (Å²) in [6.45, 7) is 1.86. The lowest BCUT2D eigenvalue weighted by molar-refractivity contribution is 0.249. The van der Waals surface area contributed by atoms with Crippen molar-refractivity contribution in [3.8, 4) is 0 Å². The van der Waals surface area contributed by atoms with Gasteiger partial charge in [0.2, 0.25) is 0 Å². The van der Waals surface area contributed by atoms with Crippen LogP contribution in [0.3, 0.4) is 0 Å². The molecule has 104 valence electrons. The van der Waals surface area contributed by atoms with Crippen molar-refractivity contribution in [1.29, 1.82) is 0 Å². The lowest BCUT2D eigenvalue weighted by atomic mass is 10.2. The zero-order valence-electron chi connectivity index (χ0n) is 10.7. The summed E-state index contributed by atoms with van der Waals surface area (Å²) in [7, 11) is 0. The van der Waals surface area contributed by atoms with Gasteiger partial charge in [0.1, 0.15) is 0 Å². The minimum atomic E-state index is -0.332. The quantitative estimate of drug-likeness (QED) is 0.889. The van der Waals surface area contributed by atoms with E-state index in [1.807, 2.05) is 25.1 Å². The van der Waals surface area contributed by atoms with Crippen LogP contribution in [-0.2, 0) is 0 Å².